The Labute approximate surface area is 151 Å². The summed E-state index contributed by atoms with van der Waals surface area (Å²) in [6, 6.07) is 0. The molecule has 19 heavy (non-hydrogen) atoms. The molecular formula is C11H14S8. The molecule has 0 nitrogen and oxygen atoms in total. The van der Waals surface area contributed by atoms with Crippen molar-refractivity contribution in [1.82, 2.24) is 0 Å². The summed E-state index contributed by atoms with van der Waals surface area (Å²) < 4.78 is 4.84. The average Bonchev–Trinajstić information content (AvgIpc) is 2.86. The second-order valence-electron chi connectivity index (χ2n) is 4.13. The van der Waals surface area contributed by atoms with Crippen LogP contribution in [0.2, 0.25) is 0 Å². The zero-order valence-electron chi connectivity index (χ0n) is 10.5. The van der Waals surface area contributed by atoms with E-state index in [-0.39, 0.29) is 4.75 Å². The molecule has 0 spiro atoms. The quantitative estimate of drug-likeness (QED) is 0.383. The van der Waals surface area contributed by atoms with Crippen LogP contribution < -0.4 is 0 Å². The van der Waals surface area contributed by atoms with Gasteiger partial charge in [-0.3, -0.25) is 0 Å². The van der Waals surface area contributed by atoms with Crippen molar-refractivity contribution < 1.29 is 0 Å². The topological polar surface area (TPSA) is 0 Å². The highest BCUT2D eigenvalue weighted by Gasteiger charge is 2.30. The van der Waals surface area contributed by atoms with Crippen LogP contribution in [0, 0.1) is 0 Å². The Morgan fingerprint density at radius 3 is 2.47 bits per heavy atom. The predicted molar refractivity (Wildman–Crippen MR) is 111 cm³/mol. The minimum atomic E-state index is 0.142. The number of hydrogen-bond acceptors (Lipinski definition) is 8. The molecule has 2 heterocycles. The minimum absolute atomic E-state index is 0.142. The first-order chi connectivity index (χ1) is 8.90. The molecule has 0 aromatic carbocycles. The van der Waals surface area contributed by atoms with Gasteiger partial charge in [0.15, 0.2) is 0 Å². The van der Waals surface area contributed by atoms with E-state index in [0.29, 0.717) is 0 Å². The van der Waals surface area contributed by atoms with E-state index in [1.165, 1.54) is 13.4 Å². The van der Waals surface area contributed by atoms with Gasteiger partial charge < -0.3 is 0 Å². The fourth-order valence-corrected chi connectivity index (χ4v) is 11.2. The summed E-state index contributed by atoms with van der Waals surface area (Å²) in [5.41, 5.74) is 0. The van der Waals surface area contributed by atoms with E-state index < -0.39 is 0 Å². The van der Waals surface area contributed by atoms with Gasteiger partial charge in [-0.25, -0.2) is 0 Å². The van der Waals surface area contributed by atoms with Gasteiger partial charge in [-0.1, -0.05) is 30.1 Å². The van der Waals surface area contributed by atoms with Crippen LogP contribution in [0.15, 0.2) is 28.4 Å². The van der Waals surface area contributed by atoms with Crippen molar-refractivity contribution in [3.63, 3.8) is 0 Å². The molecule has 0 saturated carbocycles. The van der Waals surface area contributed by atoms with Gasteiger partial charge in [0.1, 0.15) is 0 Å². The van der Waals surface area contributed by atoms with Gasteiger partial charge in [-0.2, -0.15) is 0 Å². The molecule has 0 aliphatic carbocycles. The standard InChI is InChI=1S/C11H14S8/c1-6-18-9(13)10(19-6)16-5-17-11(2,3)7-8(12)15-4-14-7/h12-13H,1,4-5H2,2-3H3. The molecule has 0 aromatic heterocycles. The van der Waals surface area contributed by atoms with Crippen molar-refractivity contribution in [2.45, 2.75) is 18.6 Å². The molecule has 2 aliphatic rings. The maximum Gasteiger partial charge on any atom is 0.0665 e. The molecule has 0 N–H and O–H groups in total. The van der Waals surface area contributed by atoms with Crippen LogP contribution in [0.25, 0.3) is 0 Å². The van der Waals surface area contributed by atoms with Crippen molar-refractivity contribution >= 4 is 95.8 Å². The molecule has 0 bridgehead atoms. The maximum absolute atomic E-state index is 4.58. The van der Waals surface area contributed by atoms with E-state index in [1.807, 2.05) is 47.0 Å². The third kappa shape index (κ3) is 4.74. The summed E-state index contributed by atoms with van der Waals surface area (Å²) in [6.45, 7) is 8.55. The highest BCUT2D eigenvalue weighted by molar-refractivity contribution is 8.40. The van der Waals surface area contributed by atoms with Crippen molar-refractivity contribution in [3.8, 4) is 0 Å². The molecule has 2 rings (SSSR count). The molecule has 0 atom stereocenters. The van der Waals surface area contributed by atoms with Crippen molar-refractivity contribution in [2.75, 3.05) is 10.2 Å². The third-order valence-corrected chi connectivity index (χ3v) is 11.5. The zero-order chi connectivity index (χ0) is 14.0. The Kier molecular flexibility index (Phi) is 6.88. The Balaban J connectivity index is 1.87. The first kappa shape index (κ1) is 17.4. The van der Waals surface area contributed by atoms with Crippen LogP contribution in [-0.2, 0) is 0 Å². The lowest BCUT2D eigenvalue weighted by Crippen LogP contribution is -2.16. The van der Waals surface area contributed by atoms with Crippen LogP contribution in [0.3, 0.4) is 0 Å². The summed E-state index contributed by atoms with van der Waals surface area (Å²) in [4.78, 5) is 1.42. The number of thioether (sulfide) groups is 6. The van der Waals surface area contributed by atoms with E-state index >= 15 is 0 Å². The minimum Gasteiger partial charge on any atom is -0.139 e. The lowest BCUT2D eigenvalue weighted by molar-refractivity contribution is 0.888. The van der Waals surface area contributed by atoms with Crippen LogP contribution in [-0.4, -0.2) is 14.9 Å². The molecular weight excluding hydrogens is 389 g/mol. The van der Waals surface area contributed by atoms with Gasteiger partial charge in [-0.05, 0) is 13.8 Å². The largest absolute Gasteiger partial charge is 0.139 e. The molecule has 0 saturated heterocycles. The van der Waals surface area contributed by atoms with Gasteiger partial charge >= 0.3 is 0 Å². The lowest BCUT2D eigenvalue weighted by Gasteiger charge is -2.25. The summed E-state index contributed by atoms with van der Waals surface area (Å²) >= 11 is 20.1. The normalized spacial score (nSPS) is 20.9. The zero-order valence-corrected chi connectivity index (χ0v) is 17.2. The van der Waals surface area contributed by atoms with Crippen LogP contribution >= 0.6 is 95.8 Å². The van der Waals surface area contributed by atoms with Gasteiger partial charge in [0.05, 0.1) is 8.47 Å². The van der Waals surface area contributed by atoms with E-state index in [1.54, 1.807) is 23.5 Å². The van der Waals surface area contributed by atoms with Crippen LogP contribution in [0.1, 0.15) is 13.8 Å². The fraction of sp³-hybridized carbons (Fsp3) is 0.455. The van der Waals surface area contributed by atoms with Crippen LogP contribution in [0.5, 0.6) is 0 Å². The average molecular weight is 403 g/mol. The molecule has 0 radical (unpaired) electrons. The Morgan fingerprint density at radius 1 is 1.21 bits per heavy atom. The molecule has 0 aromatic rings. The van der Waals surface area contributed by atoms with E-state index in [4.69, 9.17) is 0 Å². The molecule has 0 amide bonds. The van der Waals surface area contributed by atoms with E-state index in [2.05, 4.69) is 45.7 Å². The van der Waals surface area contributed by atoms with Gasteiger partial charge in [-0.15, -0.1) is 72.3 Å². The lowest BCUT2D eigenvalue weighted by atomic mass is 10.2. The smallest absolute Gasteiger partial charge is 0.0665 e. The SMILES string of the molecule is C=C1SC(S)=C(SCSC(C)(C)C2=C(S)SCS2)S1. The Morgan fingerprint density at radius 2 is 1.95 bits per heavy atom. The van der Waals surface area contributed by atoms with Crippen molar-refractivity contribution in [1.29, 1.82) is 0 Å². The van der Waals surface area contributed by atoms with E-state index in [9.17, 15) is 0 Å². The Bertz CT molecular complexity index is 448. The van der Waals surface area contributed by atoms with Gasteiger partial charge in [0.2, 0.25) is 0 Å². The van der Waals surface area contributed by atoms with Gasteiger partial charge in [0, 0.05) is 28.3 Å². The highest BCUT2D eigenvalue weighted by atomic mass is 32.3. The van der Waals surface area contributed by atoms with Crippen molar-refractivity contribution in [2.24, 2.45) is 0 Å². The number of hydrogen-bond donors (Lipinski definition) is 2. The second-order valence-corrected chi connectivity index (χ2v) is 13.6. The fourth-order valence-electron chi connectivity index (χ4n) is 1.41. The molecule has 0 fully saturated rings. The number of rotatable bonds is 5. The first-order valence-electron chi connectivity index (χ1n) is 5.34. The highest BCUT2D eigenvalue weighted by Crippen LogP contribution is 2.56. The van der Waals surface area contributed by atoms with Gasteiger partial charge in [0.25, 0.3) is 0 Å². The molecule has 0 unspecified atom stereocenters. The summed E-state index contributed by atoms with van der Waals surface area (Å²) in [5, 5.41) is 2.13. The predicted octanol–water partition coefficient (Wildman–Crippen LogP) is 6.73. The summed E-state index contributed by atoms with van der Waals surface area (Å²) in [5.74, 6) is 0. The molecule has 2 aliphatic heterocycles. The van der Waals surface area contributed by atoms with E-state index in [0.717, 1.165) is 18.6 Å². The second kappa shape index (κ2) is 7.53. The van der Waals surface area contributed by atoms with Crippen LogP contribution in [0.4, 0.5) is 0 Å². The summed E-state index contributed by atoms with van der Waals surface area (Å²) in [7, 11) is 0. The maximum atomic E-state index is 4.58. The summed E-state index contributed by atoms with van der Waals surface area (Å²) in [6.07, 6.45) is 0. The number of thiol groups is 2. The van der Waals surface area contributed by atoms with Crippen molar-refractivity contribution in [3.05, 3.63) is 28.4 Å². The monoisotopic (exact) mass is 402 g/mol. The molecule has 106 valence electrons. The third-order valence-electron chi connectivity index (χ3n) is 2.34. The first-order valence-corrected chi connectivity index (χ1v) is 11.8. The Hall–Kier alpha value is 2.02. The molecule has 8 heteroatoms.